The zero-order valence-corrected chi connectivity index (χ0v) is 19.4. The van der Waals surface area contributed by atoms with Gasteiger partial charge in [0.25, 0.3) is 11.7 Å². The first kappa shape index (κ1) is 23.6. The van der Waals surface area contributed by atoms with E-state index in [0.717, 1.165) is 6.42 Å². The van der Waals surface area contributed by atoms with Gasteiger partial charge in [-0.2, -0.15) is 0 Å². The van der Waals surface area contributed by atoms with Gasteiger partial charge in [0, 0.05) is 25.8 Å². The van der Waals surface area contributed by atoms with Crippen molar-refractivity contribution in [2.24, 2.45) is 0 Å². The molecule has 180 valence electrons. The molecule has 4 rings (SSSR count). The molecule has 1 atom stereocenters. The molecular weight excluding hydrogens is 438 g/mol. The highest BCUT2D eigenvalue weighted by Crippen LogP contribution is 2.41. The molecule has 2 aromatic rings. The highest BCUT2D eigenvalue weighted by molar-refractivity contribution is 6.46. The minimum atomic E-state index is -0.754. The van der Waals surface area contributed by atoms with Crippen LogP contribution in [0.4, 0.5) is 0 Å². The van der Waals surface area contributed by atoms with Crippen molar-refractivity contribution in [1.82, 2.24) is 4.90 Å². The Labute approximate surface area is 198 Å². The van der Waals surface area contributed by atoms with Gasteiger partial charge in [-0.05, 0) is 48.7 Å². The summed E-state index contributed by atoms with van der Waals surface area (Å²) in [6.45, 7) is 4.15. The Morgan fingerprint density at radius 1 is 1.09 bits per heavy atom. The number of methoxy groups -OCH3 is 1. The highest BCUT2D eigenvalue weighted by Gasteiger charge is 2.46. The minimum Gasteiger partial charge on any atom is -0.507 e. The number of rotatable bonds is 9. The lowest BCUT2D eigenvalue weighted by Crippen LogP contribution is -2.31. The normalized spacial score (nSPS) is 18.9. The second kappa shape index (κ2) is 10.6. The lowest BCUT2D eigenvalue weighted by atomic mass is 9.95. The highest BCUT2D eigenvalue weighted by atomic mass is 16.6. The van der Waals surface area contributed by atoms with Crippen LogP contribution in [0.2, 0.25) is 0 Å². The molecule has 0 spiro atoms. The van der Waals surface area contributed by atoms with Gasteiger partial charge in [-0.25, -0.2) is 0 Å². The molecule has 2 heterocycles. The van der Waals surface area contributed by atoms with E-state index in [1.54, 1.807) is 25.3 Å². The van der Waals surface area contributed by atoms with E-state index in [4.69, 9.17) is 18.9 Å². The molecule has 2 aliphatic heterocycles. The number of aliphatic hydroxyl groups excluding tert-OH is 1. The SMILES string of the molecule is CCCOc1cccc([C@@H]2/C(=C(\O)c3ccc4c(c3)OCCO4)C(=O)C(=O)N2CCCOC)c1. The number of amides is 1. The summed E-state index contributed by atoms with van der Waals surface area (Å²) in [5, 5.41) is 11.3. The number of likely N-dealkylation sites (tertiary alicyclic amines) is 1. The van der Waals surface area contributed by atoms with Gasteiger partial charge in [0.2, 0.25) is 0 Å². The van der Waals surface area contributed by atoms with Gasteiger partial charge in [-0.1, -0.05) is 19.1 Å². The number of hydrogen-bond donors (Lipinski definition) is 1. The van der Waals surface area contributed by atoms with E-state index in [1.807, 2.05) is 31.2 Å². The van der Waals surface area contributed by atoms with Crippen LogP contribution in [0.25, 0.3) is 5.76 Å². The van der Waals surface area contributed by atoms with Crippen molar-refractivity contribution < 1.29 is 33.6 Å². The molecule has 0 radical (unpaired) electrons. The summed E-state index contributed by atoms with van der Waals surface area (Å²) in [6.07, 6.45) is 1.40. The van der Waals surface area contributed by atoms with Gasteiger partial charge >= 0.3 is 0 Å². The molecule has 0 aromatic heterocycles. The van der Waals surface area contributed by atoms with Crippen LogP contribution >= 0.6 is 0 Å². The minimum absolute atomic E-state index is 0.0340. The Kier molecular flexibility index (Phi) is 7.37. The molecule has 0 unspecified atom stereocenters. The third kappa shape index (κ3) is 4.72. The maximum Gasteiger partial charge on any atom is 0.295 e. The summed E-state index contributed by atoms with van der Waals surface area (Å²) >= 11 is 0. The molecule has 1 saturated heterocycles. The smallest absolute Gasteiger partial charge is 0.295 e. The summed E-state index contributed by atoms with van der Waals surface area (Å²) in [6, 6.07) is 11.5. The molecule has 34 heavy (non-hydrogen) atoms. The van der Waals surface area contributed by atoms with E-state index in [-0.39, 0.29) is 11.3 Å². The van der Waals surface area contributed by atoms with E-state index >= 15 is 0 Å². The standard InChI is InChI=1S/C26H29NO7/c1-3-11-32-19-7-4-6-17(15-19)23-22(25(29)26(30)27(23)10-5-12-31-2)24(28)18-8-9-20-21(16-18)34-14-13-33-20/h4,6-9,15-16,23,28H,3,5,10-14H2,1-2H3/b24-22+/t23-/m1/s1. The van der Waals surface area contributed by atoms with Gasteiger partial charge in [0.1, 0.15) is 24.7 Å². The number of benzene rings is 2. The maximum atomic E-state index is 13.2. The fourth-order valence-electron chi connectivity index (χ4n) is 4.18. The Bertz CT molecular complexity index is 1090. The van der Waals surface area contributed by atoms with Crippen molar-refractivity contribution in [3.8, 4) is 17.2 Å². The Morgan fingerprint density at radius 2 is 1.88 bits per heavy atom. The van der Waals surface area contributed by atoms with E-state index in [0.29, 0.717) is 67.8 Å². The van der Waals surface area contributed by atoms with Crippen molar-refractivity contribution in [1.29, 1.82) is 0 Å². The van der Waals surface area contributed by atoms with E-state index in [2.05, 4.69) is 0 Å². The van der Waals surface area contributed by atoms with Gasteiger partial charge in [-0.15, -0.1) is 0 Å². The van der Waals surface area contributed by atoms with Crippen molar-refractivity contribution in [3.63, 3.8) is 0 Å². The average molecular weight is 468 g/mol. The molecule has 1 amide bonds. The van der Waals surface area contributed by atoms with E-state index in [1.165, 1.54) is 4.90 Å². The fourth-order valence-corrected chi connectivity index (χ4v) is 4.18. The predicted molar refractivity (Wildman–Crippen MR) is 125 cm³/mol. The molecule has 8 nitrogen and oxygen atoms in total. The van der Waals surface area contributed by atoms with Crippen LogP contribution in [0, 0.1) is 0 Å². The number of carbonyl (C=O) groups excluding carboxylic acids is 2. The van der Waals surface area contributed by atoms with Gasteiger partial charge in [0.15, 0.2) is 11.5 Å². The molecular formula is C26H29NO7. The third-order valence-electron chi connectivity index (χ3n) is 5.75. The van der Waals surface area contributed by atoms with Gasteiger partial charge in [0.05, 0.1) is 18.2 Å². The second-order valence-corrected chi connectivity index (χ2v) is 8.12. The monoisotopic (exact) mass is 467 g/mol. The third-order valence-corrected chi connectivity index (χ3v) is 5.75. The summed E-state index contributed by atoms with van der Waals surface area (Å²) < 4.78 is 22.1. The number of fused-ring (bicyclic) bond motifs is 1. The number of ether oxygens (including phenoxy) is 4. The first-order valence-corrected chi connectivity index (χ1v) is 11.4. The first-order chi connectivity index (χ1) is 16.5. The zero-order chi connectivity index (χ0) is 24.1. The van der Waals surface area contributed by atoms with E-state index < -0.39 is 17.7 Å². The van der Waals surface area contributed by atoms with Crippen molar-refractivity contribution in [3.05, 3.63) is 59.2 Å². The summed E-state index contributed by atoms with van der Waals surface area (Å²) in [5.74, 6) is 0.0571. The number of ketones is 1. The Hall–Kier alpha value is -3.52. The van der Waals surface area contributed by atoms with Crippen LogP contribution in [0.15, 0.2) is 48.0 Å². The lowest BCUT2D eigenvalue weighted by Gasteiger charge is -2.26. The first-order valence-electron chi connectivity index (χ1n) is 11.4. The number of aliphatic hydroxyl groups is 1. The largest absolute Gasteiger partial charge is 0.507 e. The van der Waals surface area contributed by atoms with Crippen LogP contribution < -0.4 is 14.2 Å². The molecule has 8 heteroatoms. The summed E-state index contributed by atoms with van der Waals surface area (Å²) in [5.41, 5.74) is 1.10. The molecule has 0 bridgehead atoms. The Balaban J connectivity index is 1.78. The number of nitrogens with zero attached hydrogens (tertiary/aromatic N) is 1. The van der Waals surface area contributed by atoms with Crippen LogP contribution in [0.5, 0.6) is 17.2 Å². The average Bonchev–Trinajstić information content (AvgIpc) is 3.12. The predicted octanol–water partition coefficient (Wildman–Crippen LogP) is 3.70. The van der Waals surface area contributed by atoms with Crippen molar-refractivity contribution >= 4 is 17.4 Å². The second-order valence-electron chi connectivity index (χ2n) is 8.12. The molecule has 2 aliphatic rings. The zero-order valence-electron chi connectivity index (χ0n) is 19.4. The Morgan fingerprint density at radius 3 is 2.65 bits per heavy atom. The van der Waals surface area contributed by atoms with Crippen LogP contribution in [0.3, 0.4) is 0 Å². The van der Waals surface area contributed by atoms with Crippen molar-refractivity contribution in [2.45, 2.75) is 25.8 Å². The summed E-state index contributed by atoms with van der Waals surface area (Å²) in [4.78, 5) is 27.7. The van der Waals surface area contributed by atoms with Crippen LogP contribution in [0.1, 0.15) is 36.9 Å². The van der Waals surface area contributed by atoms with Crippen LogP contribution in [-0.4, -0.2) is 61.8 Å². The molecule has 2 aromatic carbocycles. The van der Waals surface area contributed by atoms with Gasteiger partial charge in [-0.3, -0.25) is 9.59 Å². The quantitative estimate of drug-likeness (QED) is 0.260. The van der Waals surface area contributed by atoms with E-state index in [9.17, 15) is 14.7 Å². The lowest BCUT2D eigenvalue weighted by molar-refractivity contribution is -0.140. The fraction of sp³-hybridized carbons (Fsp3) is 0.385. The molecule has 1 N–H and O–H groups in total. The van der Waals surface area contributed by atoms with Crippen LogP contribution in [-0.2, 0) is 14.3 Å². The summed E-state index contributed by atoms with van der Waals surface area (Å²) in [7, 11) is 1.59. The number of carbonyl (C=O) groups is 2. The van der Waals surface area contributed by atoms with Crippen molar-refractivity contribution in [2.75, 3.05) is 40.1 Å². The molecule has 0 saturated carbocycles. The number of Topliss-reactive ketones (excluding diaryl/α,β-unsaturated/α-hetero) is 1. The molecule has 1 fully saturated rings. The maximum absolute atomic E-state index is 13.2. The number of hydrogen-bond acceptors (Lipinski definition) is 7. The molecule has 0 aliphatic carbocycles. The topological polar surface area (TPSA) is 94.5 Å². The van der Waals surface area contributed by atoms with Gasteiger partial charge < -0.3 is 29.0 Å².